The maximum absolute atomic E-state index is 5.21. The average Bonchev–Trinajstić information content (AvgIpc) is 2.97. The summed E-state index contributed by atoms with van der Waals surface area (Å²) < 4.78 is 5.21. The molecule has 90 valence electrons. The van der Waals surface area contributed by atoms with Crippen LogP contribution in [0.5, 0.6) is 0 Å². The molecule has 0 saturated carbocycles. The van der Waals surface area contributed by atoms with E-state index in [-0.39, 0.29) is 0 Å². The average molecular weight is 259 g/mol. The summed E-state index contributed by atoms with van der Waals surface area (Å²) in [6.07, 6.45) is 4.77. The number of aromatic nitrogens is 5. The van der Waals surface area contributed by atoms with Crippen LogP contribution in [-0.4, -0.2) is 25.1 Å². The molecule has 0 bridgehead atoms. The van der Waals surface area contributed by atoms with E-state index in [1.165, 1.54) is 0 Å². The summed E-state index contributed by atoms with van der Waals surface area (Å²) in [6.45, 7) is 3.92. The molecule has 3 aromatic heterocycles. The van der Waals surface area contributed by atoms with E-state index in [4.69, 9.17) is 4.52 Å². The lowest BCUT2D eigenvalue weighted by Crippen LogP contribution is -1.86. The van der Waals surface area contributed by atoms with Gasteiger partial charge >= 0.3 is 0 Å². The van der Waals surface area contributed by atoms with Crippen molar-refractivity contribution in [1.82, 2.24) is 25.1 Å². The van der Waals surface area contributed by atoms with Gasteiger partial charge in [0.05, 0.1) is 11.2 Å². The monoisotopic (exact) mass is 259 g/mol. The van der Waals surface area contributed by atoms with E-state index in [9.17, 15) is 0 Å². The lowest BCUT2D eigenvalue weighted by molar-refractivity contribution is 0.430. The van der Waals surface area contributed by atoms with Gasteiger partial charge in [-0.05, 0) is 13.8 Å². The molecule has 3 heterocycles. The zero-order valence-corrected chi connectivity index (χ0v) is 10.6. The molecule has 0 aromatic carbocycles. The predicted octanol–water partition coefficient (Wildman–Crippen LogP) is 2.27. The molecule has 0 aliphatic heterocycles. The van der Waals surface area contributed by atoms with Gasteiger partial charge in [0.1, 0.15) is 11.4 Å². The maximum atomic E-state index is 5.21. The normalized spacial score (nSPS) is 10.8. The van der Waals surface area contributed by atoms with Crippen LogP contribution in [0.3, 0.4) is 0 Å². The third-order valence-corrected chi connectivity index (χ3v) is 3.21. The van der Waals surface area contributed by atoms with Crippen molar-refractivity contribution in [2.45, 2.75) is 13.8 Å². The second kappa shape index (κ2) is 4.26. The van der Waals surface area contributed by atoms with Crippen LogP contribution >= 0.6 is 11.3 Å². The van der Waals surface area contributed by atoms with Gasteiger partial charge in [-0.15, -0.1) is 11.3 Å². The first-order chi connectivity index (χ1) is 8.74. The van der Waals surface area contributed by atoms with Gasteiger partial charge in [0, 0.05) is 17.3 Å². The maximum Gasteiger partial charge on any atom is 0.278 e. The molecule has 0 aliphatic rings. The Balaban J connectivity index is 2.02. The standard InChI is InChI=1S/C11H9N5OS/c1-6-9(14-7(2)18-6)11-15-10(16-17-11)8-5-12-3-4-13-8/h3-5H,1-2H3. The molecule has 0 radical (unpaired) electrons. The molecule has 3 aromatic rings. The Bertz CT molecular complexity index is 676. The Hall–Kier alpha value is -2.15. The second-order valence-corrected chi connectivity index (χ2v) is 5.06. The van der Waals surface area contributed by atoms with E-state index in [1.807, 2.05) is 13.8 Å². The van der Waals surface area contributed by atoms with Crippen molar-refractivity contribution in [3.63, 3.8) is 0 Å². The number of nitrogens with zero attached hydrogens (tertiary/aromatic N) is 5. The van der Waals surface area contributed by atoms with E-state index in [1.54, 1.807) is 29.9 Å². The minimum absolute atomic E-state index is 0.414. The molecular weight excluding hydrogens is 250 g/mol. The van der Waals surface area contributed by atoms with Gasteiger partial charge in [-0.1, -0.05) is 5.16 Å². The van der Waals surface area contributed by atoms with Crippen LogP contribution in [0.25, 0.3) is 23.1 Å². The first-order valence-electron chi connectivity index (χ1n) is 5.28. The number of hydrogen-bond acceptors (Lipinski definition) is 7. The van der Waals surface area contributed by atoms with Crippen molar-refractivity contribution in [2.24, 2.45) is 0 Å². The quantitative estimate of drug-likeness (QED) is 0.702. The Labute approximate surface area is 107 Å². The fourth-order valence-corrected chi connectivity index (χ4v) is 2.38. The highest BCUT2D eigenvalue weighted by molar-refractivity contribution is 7.11. The third kappa shape index (κ3) is 1.88. The van der Waals surface area contributed by atoms with Gasteiger partial charge in [0.2, 0.25) is 5.82 Å². The summed E-state index contributed by atoms with van der Waals surface area (Å²) in [7, 11) is 0. The molecule has 7 heteroatoms. The fraction of sp³-hybridized carbons (Fsp3) is 0.182. The van der Waals surface area contributed by atoms with E-state index in [0.717, 1.165) is 15.6 Å². The Kier molecular flexibility index (Phi) is 2.60. The zero-order chi connectivity index (χ0) is 12.5. The Morgan fingerprint density at radius 2 is 2.06 bits per heavy atom. The Morgan fingerprint density at radius 3 is 2.72 bits per heavy atom. The van der Waals surface area contributed by atoms with E-state index in [2.05, 4.69) is 25.1 Å². The molecule has 3 rings (SSSR count). The SMILES string of the molecule is Cc1nc(-c2nc(-c3cnccn3)no2)c(C)s1. The molecule has 0 unspecified atom stereocenters. The number of thiazole rings is 1. The highest BCUT2D eigenvalue weighted by Gasteiger charge is 2.16. The van der Waals surface area contributed by atoms with Gasteiger partial charge in [-0.2, -0.15) is 4.98 Å². The molecule has 0 saturated heterocycles. The lowest BCUT2D eigenvalue weighted by atomic mass is 10.4. The van der Waals surface area contributed by atoms with Gasteiger partial charge < -0.3 is 4.52 Å². The van der Waals surface area contributed by atoms with Crippen LogP contribution in [0.4, 0.5) is 0 Å². The van der Waals surface area contributed by atoms with Crippen LogP contribution in [0.1, 0.15) is 9.88 Å². The molecular formula is C11H9N5OS. The van der Waals surface area contributed by atoms with Gasteiger partial charge in [0.25, 0.3) is 5.89 Å². The molecule has 0 spiro atoms. The van der Waals surface area contributed by atoms with Gasteiger partial charge in [-0.25, -0.2) is 9.97 Å². The second-order valence-electron chi connectivity index (χ2n) is 3.65. The van der Waals surface area contributed by atoms with Crippen molar-refractivity contribution < 1.29 is 4.52 Å². The van der Waals surface area contributed by atoms with Crippen LogP contribution in [-0.2, 0) is 0 Å². The van der Waals surface area contributed by atoms with Crippen LogP contribution in [0.2, 0.25) is 0 Å². The number of aryl methyl sites for hydroxylation is 2. The lowest BCUT2D eigenvalue weighted by Gasteiger charge is -1.89. The summed E-state index contributed by atoms with van der Waals surface area (Å²) in [5, 5.41) is 4.86. The summed E-state index contributed by atoms with van der Waals surface area (Å²) in [5.41, 5.74) is 1.32. The molecule has 0 amide bonds. The minimum Gasteiger partial charge on any atom is -0.332 e. The fourth-order valence-electron chi connectivity index (χ4n) is 1.57. The highest BCUT2D eigenvalue weighted by Crippen LogP contribution is 2.26. The van der Waals surface area contributed by atoms with Crippen LogP contribution < -0.4 is 0 Å². The zero-order valence-electron chi connectivity index (χ0n) is 9.78. The topological polar surface area (TPSA) is 77.6 Å². The third-order valence-electron chi connectivity index (χ3n) is 2.32. The summed E-state index contributed by atoms with van der Waals surface area (Å²) >= 11 is 1.60. The van der Waals surface area contributed by atoms with Crippen molar-refractivity contribution in [2.75, 3.05) is 0 Å². The first kappa shape index (κ1) is 11.0. The Morgan fingerprint density at radius 1 is 1.17 bits per heavy atom. The smallest absolute Gasteiger partial charge is 0.278 e. The van der Waals surface area contributed by atoms with Crippen molar-refractivity contribution in [3.05, 3.63) is 28.5 Å². The van der Waals surface area contributed by atoms with Crippen molar-refractivity contribution >= 4 is 11.3 Å². The molecule has 18 heavy (non-hydrogen) atoms. The highest BCUT2D eigenvalue weighted by atomic mass is 32.1. The van der Waals surface area contributed by atoms with Crippen molar-refractivity contribution in [1.29, 1.82) is 0 Å². The van der Waals surface area contributed by atoms with Crippen molar-refractivity contribution in [3.8, 4) is 23.1 Å². The number of hydrogen-bond donors (Lipinski definition) is 0. The molecule has 6 nitrogen and oxygen atoms in total. The number of rotatable bonds is 2. The minimum atomic E-state index is 0.414. The molecule has 0 N–H and O–H groups in total. The van der Waals surface area contributed by atoms with Gasteiger partial charge in [0.15, 0.2) is 0 Å². The van der Waals surface area contributed by atoms with E-state index >= 15 is 0 Å². The molecule has 0 fully saturated rings. The largest absolute Gasteiger partial charge is 0.332 e. The summed E-state index contributed by atoms with van der Waals surface area (Å²) in [5.74, 6) is 0.834. The van der Waals surface area contributed by atoms with Crippen LogP contribution in [0.15, 0.2) is 23.1 Å². The summed E-state index contributed by atoms with van der Waals surface area (Å²) in [4.78, 5) is 17.8. The van der Waals surface area contributed by atoms with Crippen LogP contribution in [0, 0.1) is 13.8 Å². The summed E-state index contributed by atoms with van der Waals surface area (Å²) in [6, 6.07) is 0. The van der Waals surface area contributed by atoms with E-state index < -0.39 is 0 Å². The van der Waals surface area contributed by atoms with E-state index in [0.29, 0.717) is 17.4 Å². The predicted molar refractivity (Wildman–Crippen MR) is 65.9 cm³/mol. The first-order valence-corrected chi connectivity index (χ1v) is 6.10. The molecule has 0 atom stereocenters. The van der Waals surface area contributed by atoms with Gasteiger partial charge in [-0.3, -0.25) is 4.98 Å². The molecule has 0 aliphatic carbocycles.